The van der Waals surface area contributed by atoms with E-state index in [1.165, 1.54) is 11.4 Å². The summed E-state index contributed by atoms with van der Waals surface area (Å²) >= 11 is 0. The van der Waals surface area contributed by atoms with Gasteiger partial charge in [0.15, 0.2) is 0 Å². The lowest BCUT2D eigenvalue weighted by molar-refractivity contribution is 0.0935. The van der Waals surface area contributed by atoms with Gasteiger partial charge in [0.25, 0.3) is 15.9 Å². The van der Waals surface area contributed by atoms with Crippen LogP contribution < -0.4 is 9.62 Å². The highest BCUT2D eigenvalue weighted by Crippen LogP contribution is 2.24. The molecule has 156 valence electrons. The van der Waals surface area contributed by atoms with E-state index in [0.29, 0.717) is 11.3 Å². The standard InChI is InChI=1S/C24H26N2O3S/c1-4-23(22-16-9-8-11-18(22)2)25-24(27)19-12-10-13-20(17-19)26(3)30(28,29)21-14-6-5-7-15-21/h5-17,23H,4H2,1-3H3,(H,25,27)/t23-/m1/s1. The predicted molar refractivity (Wildman–Crippen MR) is 120 cm³/mol. The van der Waals surface area contributed by atoms with Crippen molar-refractivity contribution in [1.29, 1.82) is 0 Å². The molecule has 0 radical (unpaired) electrons. The number of rotatable bonds is 7. The van der Waals surface area contributed by atoms with Crippen molar-refractivity contribution < 1.29 is 13.2 Å². The summed E-state index contributed by atoms with van der Waals surface area (Å²) in [5, 5.41) is 3.07. The summed E-state index contributed by atoms with van der Waals surface area (Å²) in [4.78, 5) is 13.1. The fourth-order valence-electron chi connectivity index (χ4n) is 3.35. The highest BCUT2D eigenvalue weighted by atomic mass is 32.2. The first-order valence-corrected chi connectivity index (χ1v) is 11.3. The van der Waals surface area contributed by atoms with Gasteiger partial charge in [0.05, 0.1) is 16.6 Å². The minimum Gasteiger partial charge on any atom is -0.345 e. The molecule has 3 aromatic carbocycles. The SMILES string of the molecule is CC[C@@H](NC(=O)c1cccc(N(C)S(=O)(=O)c2ccccc2)c1)c1ccccc1C. The quantitative estimate of drug-likeness (QED) is 0.600. The van der Waals surface area contributed by atoms with Crippen LogP contribution in [0.3, 0.4) is 0 Å². The Morgan fingerprint density at radius 2 is 1.63 bits per heavy atom. The number of sulfonamides is 1. The topological polar surface area (TPSA) is 66.5 Å². The minimum atomic E-state index is -3.71. The van der Waals surface area contributed by atoms with Crippen LogP contribution in [0.1, 0.15) is 40.9 Å². The van der Waals surface area contributed by atoms with Gasteiger partial charge in [-0.3, -0.25) is 9.10 Å². The lowest BCUT2D eigenvalue weighted by atomic mass is 9.99. The zero-order valence-electron chi connectivity index (χ0n) is 17.4. The van der Waals surface area contributed by atoms with E-state index >= 15 is 0 Å². The van der Waals surface area contributed by atoms with Gasteiger partial charge >= 0.3 is 0 Å². The molecule has 5 nitrogen and oxygen atoms in total. The average Bonchev–Trinajstić information content (AvgIpc) is 2.78. The van der Waals surface area contributed by atoms with Crippen molar-refractivity contribution in [2.24, 2.45) is 0 Å². The fourth-order valence-corrected chi connectivity index (χ4v) is 4.56. The molecular weight excluding hydrogens is 396 g/mol. The molecule has 0 heterocycles. The van der Waals surface area contributed by atoms with Crippen molar-refractivity contribution in [3.63, 3.8) is 0 Å². The smallest absolute Gasteiger partial charge is 0.264 e. The first-order chi connectivity index (χ1) is 14.3. The number of nitrogens with one attached hydrogen (secondary N) is 1. The third kappa shape index (κ3) is 4.54. The number of amides is 1. The van der Waals surface area contributed by atoms with Crippen molar-refractivity contribution in [3.05, 3.63) is 95.6 Å². The van der Waals surface area contributed by atoms with Gasteiger partial charge < -0.3 is 5.32 Å². The summed E-state index contributed by atoms with van der Waals surface area (Å²) in [7, 11) is -2.22. The number of hydrogen-bond acceptors (Lipinski definition) is 3. The number of carbonyl (C=O) groups excluding carboxylic acids is 1. The van der Waals surface area contributed by atoms with Crippen molar-refractivity contribution in [1.82, 2.24) is 5.32 Å². The van der Waals surface area contributed by atoms with E-state index in [0.717, 1.165) is 17.5 Å². The van der Waals surface area contributed by atoms with E-state index < -0.39 is 10.0 Å². The number of carbonyl (C=O) groups is 1. The highest BCUT2D eigenvalue weighted by Gasteiger charge is 2.22. The zero-order chi connectivity index (χ0) is 21.7. The number of benzene rings is 3. The van der Waals surface area contributed by atoms with Gasteiger partial charge in [-0.1, -0.05) is 55.5 Å². The first kappa shape index (κ1) is 21.6. The molecule has 0 fully saturated rings. The van der Waals surface area contributed by atoms with Gasteiger partial charge in [0.1, 0.15) is 0 Å². The molecule has 1 N–H and O–H groups in total. The van der Waals surface area contributed by atoms with Crippen LogP contribution in [0.2, 0.25) is 0 Å². The van der Waals surface area contributed by atoms with Crippen LogP contribution >= 0.6 is 0 Å². The molecule has 0 saturated carbocycles. The van der Waals surface area contributed by atoms with Crippen molar-refractivity contribution in [3.8, 4) is 0 Å². The second-order valence-corrected chi connectivity index (χ2v) is 9.10. The maximum atomic E-state index is 12.9. The molecule has 1 atom stereocenters. The Kier molecular flexibility index (Phi) is 6.57. The summed E-state index contributed by atoms with van der Waals surface area (Å²) in [5.74, 6) is -0.238. The van der Waals surface area contributed by atoms with Gasteiger partial charge in [-0.25, -0.2) is 8.42 Å². The number of anilines is 1. The maximum absolute atomic E-state index is 12.9. The van der Waals surface area contributed by atoms with Gasteiger partial charge in [0, 0.05) is 12.6 Å². The van der Waals surface area contributed by atoms with Crippen molar-refractivity contribution >= 4 is 21.6 Å². The van der Waals surface area contributed by atoms with Crippen molar-refractivity contribution in [2.45, 2.75) is 31.2 Å². The molecule has 0 unspecified atom stereocenters. The molecule has 1 amide bonds. The molecular formula is C24H26N2O3S. The van der Waals surface area contributed by atoms with Crippen LogP contribution in [0.25, 0.3) is 0 Å². The molecule has 3 aromatic rings. The summed E-state index contributed by atoms with van der Waals surface area (Å²) in [6.07, 6.45) is 0.749. The van der Waals surface area contributed by atoms with E-state index in [2.05, 4.69) is 5.32 Å². The van der Waals surface area contributed by atoms with Crippen LogP contribution in [0, 0.1) is 6.92 Å². The van der Waals surface area contributed by atoms with Crippen LogP contribution in [0.15, 0.2) is 83.8 Å². The molecule has 0 aliphatic rings. The predicted octanol–water partition coefficient (Wildman–Crippen LogP) is 4.70. The van der Waals surface area contributed by atoms with E-state index in [1.54, 1.807) is 54.6 Å². The van der Waals surface area contributed by atoms with Gasteiger partial charge in [-0.05, 0) is 54.8 Å². The van der Waals surface area contributed by atoms with Gasteiger partial charge in [0.2, 0.25) is 0 Å². The Hall–Kier alpha value is -3.12. The highest BCUT2D eigenvalue weighted by molar-refractivity contribution is 7.92. The number of hydrogen-bond donors (Lipinski definition) is 1. The van der Waals surface area contributed by atoms with Crippen LogP contribution in [0.4, 0.5) is 5.69 Å². The van der Waals surface area contributed by atoms with E-state index in [1.807, 2.05) is 38.1 Å². The Bertz CT molecular complexity index is 1130. The second kappa shape index (κ2) is 9.13. The molecule has 30 heavy (non-hydrogen) atoms. The van der Waals surface area contributed by atoms with Crippen LogP contribution in [-0.4, -0.2) is 21.4 Å². The van der Waals surface area contributed by atoms with E-state index in [9.17, 15) is 13.2 Å². The van der Waals surface area contributed by atoms with Crippen LogP contribution in [0.5, 0.6) is 0 Å². The second-order valence-electron chi connectivity index (χ2n) is 7.13. The number of nitrogens with zero attached hydrogens (tertiary/aromatic N) is 1. The monoisotopic (exact) mass is 422 g/mol. The van der Waals surface area contributed by atoms with E-state index in [-0.39, 0.29) is 16.8 Å². The van der Waals surface area contributed by atoms with Crippen molar-refractivity contribution in [2.75, 3.05) is 11.4 Å². The third-order valence-electron chi connectivity index (χ3n) is 5.15. The van der Waals surface area contributed by atoms with Crippen LogP contribution in [-0.2, 0) is 10.0 Å². The summed E-state index contributed by atoms with van der Waals surface area (Å²) in [5.41, 5.74) is 3.03. The average molecular weight is 423 g/mol. The summed E-state index contributed by atoms with van der Waals surface area (Å²) < 4.78 is 27.0. The zero-order valence-corrected chi connectivity index (χ0v) is 18.2. The largest absolute Gasteiger partial charge is 0.345 e. The molecule has 0 aromatic heterocycles. The molecule has 3 rings (SSSR count). The first-order valence-electron chi connectivity index (χ1n) is 9.85. The molecule has 0 saturated heterocycles. The fraction of sp³-hybridized carbons (Fsp3) is 0.208. The molecule has 0 bridgehead atoms. The Morgan fingerprint density at radius 1 is 0.967 bits per heavy atom. The normalized spacial score (nSPS) is 12.2. The number of aryl methyl sites for hydroxylation is 1. The minimum absolute atomic E-state index is 0.117. The third-order valence-corrected chi connectivity index (χ3v) is 6.95. The molecule has 6 heteroatoms. The Labute approximate surface area is 178 Å². The van der Waals surface area contributed by atoms with E-state index in [4.69, 9.17) is 0 Å². The summed E-state index contributed by atoms with van der Waals surface area (Å²) in [6.45, 7) is 4.04. The van der Waals surface area contributed by atoms with Gasteiger partial charge in [-0.15, -0.1) is 0 Å². The Balaban J connectivity index is 1.84. The summed E-state index contributed by atoms with van der Waals surface area (Å²) in [6, 6.07) is 22.7. The Morgan fingerprint density at radius 3 is 2.30 bits per heavy atom. The lowest BCUT2D eigenvalue weighted by Gasteiger charge is -2.22. The molecule has 0 aliphatic carbocycles. The maximum Gasteiger partial charge on any atom is 0.264 e. The molecule has 0 spiro atoms. The molecule has 0 aliphatic heterocycles. The lowest BCUT2D eigenvalue weighted by Crippen LogP contribution is -2.29. The van der Waals surface area contributed by atoms with Gasteiger partial charge in [-0.2, -0.15) is 0 Å².